The number of aryl methyl sites for hydroxylation is 1. The predicted octanol–water partition coefficient (Wildman–Crippen LogP) is 3.22. The first kappa shape index (κ1) is 18.1. The van der Waals surface area contributed by atoms with E-state index in [9.17, 15) is 4.79 Å². The summed E-state index contributed by atoms with van der Waals surface area (Å²) in [6.07, 6.45) is 1.45. The van der Waals surface area contributed by atoms with E-state index in [0.29, 0.717) is 19.6 Å². The lowest BCUT2D eigenvalue weighted by atomic mass is 9.95. The van der Waals surface area contributed by atoms with Gasteiger partial charge in [-0.15, -0.1) is 0 Å². The third-order valence-electron chi connectivity index (χ3n) is 4.74. The van der Waals surface area contributed by atoms with Crippen molar-refractivity contribution in [3.8, 4) is 0 Å². The zero-order valence-corrected chi connectivity index (χ0v) is 14.9. The Hall–Kier alpha value is -2.66. The number of hydrogen-bond acceptors (Lipinski definition) is 4. The Balaban J connectivity index is 1.70. The standard InChI is InChI=1S/C21H24N2O3/c1-15-7-5-6-10-19(15)20(16-8-3-2-4-9-16)23-26-14-18-12-11-17(13-22-18)21(24)25/h2-10,17-18,22H,11-14H2,1H3,(H,24,25)/b23-20-/t17-,18-/m1/s1. The smallest absolute Gasteiger partial charge is 0.307 e. The molecule has 0 unspecified atom stereocenters. The molecule has 2 aromatic rings. The van der Waals surface area contributed by atoms with Crippen LogP contribution in [-0.4, -0.2) is 36.0 Å². The third-order valence-corrected chi connectivity index (χ3v) is 4.74. The van der Waals surface area contributed by atoms with Crippen LogP contribution in [0.25, 0.3) is 0 Å². The Labute approximate surface area is 153 Å². The highest BCUT2D eigenvalue weighted by atomic mass is 16.6. The van der Waals surface area contributed by atoms with Gasteiger partial charge in [0.05, 0.1) is 5.92 Å². The second kappa shape index (κ2) is 8.63. The fraction of sp³-hybridized carbons (Fsp3) is 0.333. The highest BCUT2D eigenvalue weighted by Gasteiger charge is 2.25. The lowest BCUT2D eigenvalue weighted by Gasteiger charge is -2.26. The van der Waals surface area contributed by atoms with Crippen LogP contribution in [0, 0.1) is 12.8 Å². The number of hydrogen-bond donors (Lipinski definition) is 2. The lowest BCUT2D eigenvalue weighted by Crippen LogP contribution is -2.43. The molecule has 5 nitrogen and oxygen atoms in total. The maximum absolute atomic E-state index is 11.0. The Morgan fingerprint density at radius 2 is 1.88 bits per heavy atom. The number of aliphatic carboxylic acids is 1. The molecule has 0 radical (unpaired) electrons. The van der Waals surface area contributed by atoms with Crippen LogP contribution < -0.4 is 5.32 Å². The molecule has 2 N–H and O–H groups in total. The van der Waals surface area contributed by atoms with Gasteiger partial charge in [0, 0.05) is 23.7 Å². The number of nitrogens with one attached hydrogen (secondary N) is 1. The molecule has 0 spiro atoms. The Morgan fingerprint density at radius 3 is 2.54 bits per heavy atom. The molecule has 2 aromatic carbocycles. The summed E-state index contributed by atoms with van der Waals surface area (Å²) in [4.78, 5) is 16.7. The Morgan fingerprint density at radius 1 is 1.15 bits per heavy atom. The first-order chi connectivity index (χ1) is 12.6. The van der Waals surface area contributed by atoms with E-state index in [-0.39, 0.29) is 12.0 Å². The van der Waals surface area contributed by atoms with Gasteiger partial charge in [-0.3, -0.25) is 4.79 Å². The largest absolute Gasteiger partial charge is 0.481 e. The van der Waals surface area contributed by atoms with Crippen LogP contribution in [0.2, 0.25) is 0 Å². The van der Waals surface area contributed by atoms with Gasteiger partial charge < -0.3 is 15.3 Å². The van der Waals surface area contributed by atoms with Gasteiger partial charge in [0.25, 0.3) is 0 Å². The zero-order chi connectivity index (χ0) is 18.4. The molecular weight excluding hydrogens is 328 g/mol. The fourth-order valence-electron chi connectivity index (χ4n) is 3.15. The number of benzene rings is 2. The molecule has 26 heavy (non-hydrogen) atoms. The van der Waals surface area contributed by atoms with Crippen LogP contribution in [0.1, 0.15) is 29.5 Å². The van der Waals surface area contributed by atoms with E-state index in [1.54, 1.807) is 0 Å². The average molecular weight is 352 g/mol. The van der Waals surface area contributed by atoms with Gasteiger partial charge in [-0.05, 0) is 25.3 Å². The van der Waals surface area contributed by atoms with E-state index in [1.807, 2.05) is 48.5 Å². The summed E-state index contributed by atoms with van der Waals surface area (Å²) in [5, 5.41) is 16.7. The van der Waals surface area contributed by atoms with Gasteiger partial charge >= 0.3 is 5.97 Å². The minimum atomic E-state index is -0.735. The first-order valence-corrected chi connectivity index (χ1v) is 8.92. The molecule has 0 bridgehead atoms. The van der Waals surface area contributed by atoms with Crippen molar-refractivity contribution in [3.63, 3.8) is 0 Å². The molecule has 0 amide bonds. The quantitative estimate of drug-likeness (QED) is 0.619. The second-order valence-corrected chi connectivity index (χ2v) is 6.63. The number of piperidine rings is 1. The van der Waals surface area contributed by atoms with Crippen LogP contribution in [0.3, 0.4) is 0 Å². The molecule has 0 saturated carbocycles. The number of oxime groups is 1. The summed E-state index contributed by atoms with van der Waals surface area (Å²) in [6.45, 7) is 2.97. The first-order valence-electron chi connectivity index (χ1n) is 8.92. The maximum Gasteiger partial charge on any atom is 0.307 e. The van der Waals surface area contributed by atoms with Gasteiger partial charge in [-0.25, -0.2) is 0 Å². The molecule has 5 heteroatoms. The van der Waals surface area contributed by atoms with Crippen LogP contribution >= 0.6 is 0 Å². The number of carboxylic acids is 1. The molecule has 1 aliphatic heterocycles. The van der Waals surface area contributed by atoms with Crippen molar-refractivity contribution in [2.24, 2.45) is 11.1 Å². The Kier molecular flexibility index (Phi) is 6.02. The number of carbonyl (C=O) groups is 1. The molecular formula is C21H24N2O3. The molecule has 3 rings (SSSR count). The lowest BCUT2D eigenvalue weighted by molar-refractivity contribution is -0.142. The molecule has 1 saturated heterocycles. The summed E-state index contributed by atoms with van der Waals surface area (Å²) < 4.78 is 0. The highest BCUT2D eigenvalue weighted by molar-refractivity contribution is 6.13. The van der Waals surface area contributed by atoms with Crippen molar-refractivity contribution in [2.75, 3.05) is 13.2 Å². The normalized spacial score (nSPS) is 20.6. The van der Waals surface area contributed by atoms with Crippen molar-refractivity contribution >= 4 is 11.7 Å². The molecule has 136 valence electrons. The highest BCUT2D eigenvalue weighted by Crippen LogP contribution is 2.17. The minimum absolute atomic E-state index is 0.128. The van der Waals surface area contributed by atoms with E-state index in [4.69, 9.17) is 9.94 Å². The van der Waals surface area contributed by atoms with Crippen molar-refractivity contribution in [2.45, 2.75) is 25.8 Å². The van der Waals surface area contributed by atoms with Crippen molar-refractivity contribution < 1.29 is 14.7 Å². The summed E-state index contributed by atoms with van der Waals surface area (Å²) in [5.74, 6) is -1.04. The second-order valence-electron chi connectivity index (χ2n) is 6.63. The fourth-order valence-corrected chi connectivity index (χ4v) is 3.15. The van der Waals surface area contributed by atoms with E-state index in [2.05, 4.69) is 23.5 Å². The summed E-state index contributed by atoms with van der Waals surface area (Å²) in [5.41, 5.74) is 3.99. The molecule has 0 aromatic heterocycles. The van der Waals surface area contributed by atoms with E-state index in [0.717, 1.165) is 28.8 Å². The van der Waals surface area contributed by atoms with E-state index >= 15 is 0 Å². The summed E-state index contributed by atoms with van der Waals surface area (Å²) >= 11 is 0. The maximum atomic E-state index is 11.0. The summed E-state index contributed by atoms with van der Waals surface area (Å²) in [7, 11) is 0. The molecule has 1 heterocycles. The van der Waals surface area contributed by atoms with Crippen LogP contribution in [0.15, 0.2) is 59.8 Å². The van der Waals surface area contributed by atoms with Gasteiger partial charge in [0.1, 0.15) is 12.3 Å². The van der Waals surface area contributed by atoms with Gasteiger partial charge in [-0.1, -0.05) is 59.8 Å². The average Bonchev–Trinajstić information content (AvgIpc) is 2.67. The predicted molar refractivity (Wildman–Crippen MR) is 101 cm³/mol. The van der Waals surface area contributed by atoms with Crippen LogP contribution in [0.5, 0.6) is 0 Å². The molecule has 1 aliphatic rings. The number of carboxylic acid groups (broad SMARTS) is 1. The SMILES string of the molecule is Cc1ccccc1/C(=N\OC[C@H]1CC[C@@H](C(=O)O)CN1)c1ccccc1. The monoisotopic (exact) mass is 352 g/mol. The van der Waals surface area contributed by atoms with E-state index < -0.39 is 5.97 Å². The zero-order valence-electron chi connectivity index (χ0n) is 14.9. The molecule has 0 aliphatic carbocycles. The van der Waals surface area contributed by atoms with Gasteiger partial charge in [-0.2, -0.15) is 0 Å². The molecule has 1 fully saturated rings. The van der Waals surface area contributed by atoms with Crippen molar-refractivity contribution in [3.05, 3.63) is 71.3 Å². The summed E-state index contributed by atoms with van der Waals surface area (Å²) in [6, 6.07) is 18.2. The number of nitrogens with zero attached hydrogens (tertiary/aromatic N) is 1. The van der Waals surface area contributed by atoms with Crippen molar-refractivity contribution in [1.29, 1.82) is 0 Å². The van der Waals surface area contributed by atoms with E-state index in [1.165, 1.54) is 0 Å². The molecule has 2 atom stereocenters. The Bertz CT molecular complexity index is 766. The van der Waals surface area contributed by atoms with Gasteiger partial charge in [0.2, 0.25) is 0 Å². The van der Waals surface area contributed by atoms with Crippen molar-refractivity contribution in [1.82, 2.24) is 5.32 Å². The topological polar surface area (TPSA) is 70.9 Å². The van der Waals surface area contributed by atoms with Gasteiger partial charge in [0.15, 0.2) is 0 Å². The number of rotatable bonds is 6. The minimum Gasteiger partial charge on any atom is -0.481 e. The van der Waals surface area contributed by atoms with Crippen LogP contribution in [0.4, 0.5) is 0 Å². The third kappa shape index (κ3) is 4.49. The van der Waals surface area contributed by atoms with Crippen LogP contribution in [-0.2, 0) is 9.63 Å².